The lowest BCUT2D eigenvalue weighted by Gasteiger charge is -2.31. The molecule has 28 heavy (non-hydrogen) atoms. The van der Waals surface area contributed by atoms with Crippen LogP contribution in [0.2, 0.25) is 5.02 Å². The molecule has 0 bridgehead atoms. The number of nitrogens with one attached hydrogen (secondary N) is 1. The molecule has 1 unspecified atom stereocenters. The van der Waals surface area contributed by atoms with E-state index < -0.39 is 15.9 Å². The highest BCUT2D eigenvalue weighted by atomic mass is 35.5. The summed E-state index contributed by atoms with van der Waals surface area (Å²) in [4.78, 5) is 25.6. The molecule has 1 aliphatic heterocycles. The molecule has 7 nitrogen and oxygen atoms in total. The molecule has 1 atom stereocenters. The van der Waals surface area contributed by atoms with Crippen LogP contribution < -0.4 is 10.5 Å². The van der Waals surface area contributed by atoms with E-state index in [1.165, 1.54) is 24.3 Å². The third-order valence-corrected chi connectivity index (χ3v) is 6.27. The number of hydrogen-bond donors (Lipinski definition) is 2. The second-order valence-corrected chi connectivity index (χ2v) is 8.75. The Morgan fingerprint density at radius 2 is 1.71 bits per heavy atom. The summed E-state index contributed by atoms with van der Waals surface area (Å²) in [6.45, 7) is 0.827. The summed E-state index contributed by atoms with van der Waals surface area (Å²) >= 11 is 5.80. The van der Waals surface area contributed by atoms with Crippen molar-refractivity contribution in [1.29, 1.82) is 0 Å². The second kappa shape index (κ2) is 8.20. The Hall–Kier alpha value is -2.58. The van der Waals surface area contributed by atoms with Gasteiger partial charge in [0.15, 0.2) is 0 Å². The van der Waals surface area contributed by atoms with Crippen LogP contribution in [0.25, 0.3) is 0 Å². The summed E-state index contributed by atoms with van der Waals surface area (Å²) < 4.78 is 27.5. The highest BCUT2D eigenvalue weighted by Gasteiger charge is 2.27. The van der Waals surface area contributed by atoms with Gasteiger partial charge < -0.3 is 10.6 Å². The summed E-state index contributed by atoms with van der Waals surface area (Å²) in [6.07, 6.45) is 1.38. The van der Waals surface area contributed by atoms with Gasteiger partial charge >= 0.3 is 0 Å². The molecule has 3 N–H and O–H groups in total. The minimum absolute atomic E-state index is 0.0349. The van der Waals surface area contributed by atoms with Crippen LogP contribution in [-0.4, -0.2) is 38.2 Å². The molecule has 9 heteroatoms. The normalized spacial score (nSPS) is 17.2. The van der Waals surface area contributed by atoms with Crippen LogP contribution >= 0.6 is 11.6 Å². The van der Waals surface area contributed by atoms with Crippen LogP contribution in [0, 0.1) is 5.92 Å². The van der Waals surface area contributed by atoms with E-state index in [1.54, 1.807) is 29.2 Å². The molecule has 2 aromatic rings. The molecule has 2 amide bonds. The Morgan fingerprint density at radius 3 is 2.32 bits per heavy atom. The van der Waals surface area contributed by atoms with Gasteiger partial charge in [-0.3, -0.25) is 14.3 Å². The highest BCUT2D eigenvalue weighted by Crippen LogP contribution is 2.21. The molecular formula is C19H20ClN3O4S. The lowest BCUT2D eigenvalue weighted by Crippen LogP contribution is -2.44. The third kappa shape index (κ3) is 4.63. The van der Waals surface area contributed by atoms with Gasteiger partial charge in [-0.1, -0.05) is 11.6 Å². The van der Waals surface area contributed by atoms with Crippen LogP contribution in [-0.2, 0) is 14.8 Å². The number of hydrogen-bond acceptors (Lipinski definition) is 4. The number of benzene rings is 2. The number of nitrogens with zero attached hydrogens (tertiary/aromatic N) is 1. The molecular weight excluding hydrogens is 402 g/mol. The quantitative estimate of drug-likeness (QED) is 0.772. The number of sulfonamides is 1. The molecule has 0 aliphatic carbocycles. The van der Waals surface area contributed by atoms with E-state index in [-0.39, 0.29) is 23.3 Å². The molecule has 1 saturated heterocycles. The fourth-order valence-corrected chi connectivity index (χ4v) is 4.27. The van der Waals surface area contributed by atoms with Gasteiger partial charge in [-0.2, -0.15) is 0 Å². The van der Waals surface area contributed by atoms with E-state index in [4.69, 9.17) is 17.3 Å². The number of piperidine rings is 1. The average molecular weight is 422 g/mol. The molecule has 1 aliphatic rings. The van der Waals surface area contributed by atoms with E-state index in [0.717, 1.165) is 0 Å². The van der Waals surface area contributed by atoms with Gasteiger partial charge in [-0.15, -0.1) is 0 Å². The van der Waals surface area contributed by atoms with Crippen LogP contribution in [0.5, 0.6) is 0 Å². The lowest BCUT2D eigenvalue weighted by atomic mass is 9.97. The smallest absolute Gasteiger partial charge is 0.261 e. The van der Waals surface area contributed by atoms with Gasteiger partial charge in [-0.25, -0.2) is 8.42 Å². The molecule has 3 rings (SSSR count). The highest BCUT2D eigenvalue weighted by molar-refractivity contribution is 7.92. The zero-order valence-electron chi connectivity index (χ0n) is 15.0. The number of likely N-dealkylation sites (tertiary alicyclic amines) is 1. The zero-order valence-corrected chi connectivity index (χ0v) is 16.5. The van der Waals surface area contributed by atoms with Gasteiger partial charge in [0.1, 0.15) is 0 Å². The van der Waals surface area contributed by atoms with Crippen molar-refractivity contribution in [3.8, 4) is 0 Å². The molecule has 148 valence electrons. The van der Waals surface area contributed by atoms with E-state index >= 15 is 0 Å². The van der Waals surface area contributed by atoms with E-state index in [2.05, 4.69) is 4.72 Å². The first kappa shape index (κ1) is 20.2. The maximum absolute atomic E-state index is 12.6. The summed E-state index contributed by atoms with van der Waals surface area (Å²) in [5.74, 6) is -1.01. The fourth-order valence-electron chi connectivity index (χ4n) is 3.09. The molecule has 0 aromatic heterocycles. The Kier molecular flexibility index (Phi) is 5.90. The van der Waals surface area contributed by atoms with Gasteiger partial charge in [0.2, 0.25) is 5.91 Å². The van der Waals surface area contributed by atoms with Crippen LogP contribution in [0.3, 0.4) is 0 Å². The van der Waals surface area contributed by atoms with E-state index in [1.807, 2.05) is 0 Å². The van der Waals surface area contributed by atoms with Gasteiger partial charge in [0.25, 0.3) is 15.9 Å². The largest absolute Gasteiger partial charge is 0.369 e. The number of anilines is 1. The maximum Gasteiger partial charge on any atom is 0.261 e. The minimum atomic E-state index is -3.79. The molecule has 0 radical (unpaired) electrons. The summed E-state index contributed by atoms with van der Waals surface area (Å²) in [6, 6.07) is 12.0. The molecule has 1 heterocycles. The van der Waals surface area contributed by atoms with Gasteiger partial charge in [0.05, 0.1) is 10.8 Å². The summed E-state index contributed by atoms with van der Waals surface area (Å²) in [7, 11) is -3.79. The number of carbonyl (C=O) groups is 2. The number of halogens is 1. The number of rotatable bonds is 5. The first-order valence-corrected chi connectivity index (χ1v) is 10.6. The summed E-state index contributed by atoms with van der Waals surface area (Å²) in [5, 5.41) is 0.502. The van der Waals surface area contributed by atoms with Crippen LogP contribution in [0.15, 0.2) is 53.4 Å². The molecule has 1 fully saturated rings. The Balaban J connectivity index is 1.72. The van der Waals surface area contributed by atoms with Crippen molar-refractivity contribution < 1.29 is 18.0 Å². The van der Waals surface area contributed by atoms with Crippen molar-refractivity contribution in [3.63, 3.8) is 0 Å². The molecule has 0 saturated carbocycles. The topological polar surface area (TPSA) is 110 Å². The first-order valence-electron chi connectivity index (χ1n) is 8.73. The number of amides is 2. The van der Waals surface area contributed by atoms with Crippen molar-refractivity contribution in [1.82, 2.24) is 4.90 Å². The van der Waals surface area contributed by atoms with Crippen molar-refractivity contribution in [2.24, 2.45) is 11.7 Å². The monoisotopic (exact) mass is 421 g/mol. The first-order chi connectivity index (χ1) is 13.3. The lowest BCUT2D eigenvalue weighted by molar-refractivity contribution is -0.123. The SMILES string of the molecule is NC(=O)C1CCCN(C(=O)c2ccc(S(=O)(=O)Nc3ccc(Cl)cc3)cc2)C1. The van der Waals surface area contributed by atoms with Crippen molar-refractivity contribution in [3.05, 3.63) is 59.1 Å². The van der Waals surface area contributed by atoms with Crippen LogP contribution in [0.1, 0.15) is 23.2 Å². The molecule has 2 aromatic carbocycles. The Bertz CT molecular complexity index is 975. The average Bonchev–Trinajstić information content (AvgIpc) is 2.69. The predicted octanol–water partition coefficient (Wildman–Crippen LogP) is 2.48. The second-order valence-electron chi connectivity index (χ2n) is 6.63. The van der Waals surface area contributed by atoms with Crippen molar-refractivity contribution in [2.45, 2.75) is 17.7 Å². The van der Waals surface area contributed by atoms with Crippen molar-refractivity contribution in [2.75, 3.05) is 17.8 Å². The number of primary amides is 1. The van der Waals surface area contributed by atoms with Gasteiger partial charge in [0, 0.05) is 29.4 Å². The Labute approximate surface area is 168 Å². The predicted molar refractivity (Wildman–Crippen MR) is 107 cm³/mol. The molecule has 0 spiro atoms. The van der Waals surface area contributed by atoms with E-state index in [0.29, 0.717) is 35.7 Å². The minimum Gasteiger partial charge on any atom is -0.369 e. The van der Waals surface area contributed by atoms with Crippen molar-refractivity contribution >= 4 is 39.1 Å². The van der Waals surface area contributed by atoms with Crippen LogP contribution in [0.4, 0.5) is 5.69 Å². The maximum atomic E-state index is 12.6. The standard InChI is InChI=1S/C19H20ClN3O4S/c20-15-5-7-16(8-6-15)22-28(26,27)17-9-3-13(4-10-17)19(25)23-11-1-2-14(12-23)18(21)24/h3-10,14,22H,1-2,11-12H2,(H2,21,24). The van der Waals surface area contributed by atoms with Gasteiger partial charge in [-0.05, 0) is 61.4 Å². The third-order valence-electron chi connectivity index (χ3n) is 4.62. The number of nitrogens with two attached hydrogens (primary N) is 1. The fraction of sp³-hybridized carbons (Fsp3) is 0.263. The zero-order chi connectivity index (χ0) is 20.3. The summed E-state index contributed by atoms with van der Waals surface area (Å²) in [5.41, 5.74) is 6.09. The Morgan fingerprint density at radius 1 is 1.07 bits per heavy atom. The van der Waals surface area contributed by atoms with E-state index in [9.17, 15) is 18.0 Å². The number of carbonyl (C=O) groups excluding carboxylic acids is 2.